The topological polar surface area (TPSA) is 236 Å². The average Bonchev–Trinajstić information content (AvgIpc) is 3.17. The lowest BCUT2D eigenvalue weighted by atomic mass is 9.98. The van der Waals surface area contributed by atoms with Gasteiger partial charge in [-0.25, -0.2) is 13.7 Å². The van der Waals surface area contributed by atoms with Crippen molar-refractivity contribution in [3.05, 3.63) is 47.2 Å². The summed E-state index contributed by atoms with van der Waals surface area (Å²) in [4.78, 5) is 62.1. The van der Waals surface area contributed by atoms with Gasteiger partial charge >= 0.3 is 23.5 Å². The van der Waals surface area contributed by atoms with E-state index in [4.69, 9.17) is 19.3 Å². The van der Waals surface area contributed by atoms with E-state index in [0.717, 1.165) is 16.0 Å². The molecule has 0 aromatic heterocycles. The summed E-state index contributed by atoms with van der Waals surface area (Å²) in [6.45, 7) is 3.33. The molecule has 0 spiro atoms. The van der Waals surface area contributed by atoms with Crippen LogP contribution in [0.25, 0.3) is 0 Å². The Kier molecular flexibility index (Phi) is 10.8. The molecular weight excluding hydrogens is 599 g/mol. The molecule has 0 saturated carbocycles. The lowest BCUT2D eigenvalue weighted by Crippen LogP contribution is -2.41. The number of phosphoric ester groups is 1. The Morgan fingerprint density at radius 3 is 2.35 bits per heavy atom. The molecule has 0 bridgehead atoms. The van der Waals surface area contributed by atoms with Crippen molar-refractivity contribution in [2.45, 2.75) is 57.6 Å². The third-order valence-corrected chi connectivity index (χ3v) is 9.58. The number of rotatable bonds is 13. The van der Waals surface area contributed by atoms with Crippen LogP contribution in [0.1, 0.15) is 43.7 Å². The van der Waals surface area contributed by atoms with Gasteiger partial charge in [0.15, 0.2) is 5.78 Å². The van der Waals surface area contributed by atoms with Crippen molar-refractivity contribution in [2.24, 2.45) is 0 Å². The van der Waals surface area contributed by atoms with Crippen molar-refractivity contribution in [1.29, 1.82) is 0 Å². The lowest BCUT2D eigenvalue weighted by Gasteiger charge is -2.29. The maximum atomic E-state index is 12.5. The van der Waals surface area contributed by atoms with E-state index >= 15 is 0 Å². The molecular formula is C21H30NO15P3. The summed E-state index contributed by atoms with van der Waals surface area (Å²) in [5.41, 5.74) is 2.24. The fraction of sp³-hybridized carbons (Fsp3) is 0.524. The fourth-order valence-electron chi connectivity index (χ4n) is 4.02. The number of carbonyl (C=O) groups excluding carboxylic acids is 2. The number of benzene rings is 1. The monoisotopic (exact) mass is 629 g/mol. The van der Waals surface area contributed by atoms with E-state index in [2.05, 4.69) is 13.1 Å². The summed E-state index contributed by atoms with van der Waals surface area (Å²) < 4.78 is 57.1. The fourth-order valence-corrected chi connectivity index (χ4v) is 7.05. The van der Waals surface area contributed by atoms with Gasteiger partial charge in [-0.2, -0.15) is 8.62 Å². The van der Waals surface area contributed by atoms with Gasteiger partial charge in [-0.1, -0.05) is 38.1 Å². The first-order valence-electron chi connectivity index (χ1n) is 11.8. The van der Waals surface area contributed by atoms with E-state index in [9.17, 15) is 38.2 Å². The van der Waals surface area contributed by atoms with Crippen LogP contribution in [0.15, 0.2) is 36.0 Å². The van der Waals surface area contributed by atoms with E-state index in [-0.39, 0.29) is 31.1 Å². The van der Waals surface area contributed by atoms with Gasteiger partial charge in [0.2, 0.25) is 5.91 Å². The summed E-state index contributed by atoms with van der Waals surface area (Å²) in [6, 6.07) is 7.69. The molecule has 1 aromatic carbocycles. The molecule has 0 radical (unpaired) electrons. The summed E-state index contributed by atoms with van der Waals surface area (Å²) in [5, 5.41) is 10.3. The minimum absolute atomic E-state index is 0.0974. The number of aliphatic hydroxyl groups excluding tert-OH is 1. The molecule has 40 heavy (non-hydrogen) atoms. The first-order valence-corrected chi connectivity index (χ1v) is 16.3. The van der Waals surface area contributed by atoms with Crippen LogP contribution in [0.5, 0.6) is 0 Å². The second kappa shape index (κ2) is 13.1. The third kappa shape index (κ3) is 9.47. The Labute approximate surface area is 228 Å². The number of hydrogen-bond acceptors (Lipinski definition) is 11. The molecule has 224 valence electrons. The minimum Gasteiger partial charge on any atom is -0.390 e. The van der Waals surface area contributed by atoms with Gasteiger partial charge in [-0.05, 0) is 17.0 Å². The van der Waals surface area contributed by atoms with E-state index in [1.165, 1.54) is 6.20 Å². The van der Waals surface area contributed by atoms with E-state index in [0.29, 0.717) is 0 Å². The second-order valence-corrected chi connectivity index (χ2v) is 13.6. The number of Topliss-reactive ketones (excluding diaryl/α,β-unsaturated/α-hetero) is 1. The molecule has 3 rings (SSSR count). The molecule has 19 heteroatoms. The van der Waals surface area contributed by atoms with Crippen molar-refractivity contribution in [3.8, 4) is 0 Å². The van der Waals surface area contributed by atoms with Crippen molar-refractivity contribution >= 4 is 35.2 Å². The van der Waals surface area contributed by atoms with Crippen LogP contribution in [0.2, 0.25) is 0 Å². The van der Waals surface area contributed by atoms with E-state index < -0.39 is 66.6 Å². The van der Waals surface area contributed by atoms with Crippen LogP contribution in [0.3, 0.4) is 0 Å². The normalized spacial score (nSPS) is 25.1. The predicted molar refractivity (Wildman–Crippen MR) is 134 cm³/mol. The molecule has 1 saturated heterocycles. The summed E-state index contributed by atoms with van der Waals surface area (Å²) in [6.07, 6.45) is -3.17. The first-order chi connectivity index (χ1) is 18.5. The van der Waals surface area contributed by atoms with Gasteiger partial charge in [-0.3, -0.25) is 19.0 Å². The smallest absolute Gasteiger partial charge is 0.390 e. The zero-order valence-corrected chi connectivity index (χ0v) is 24.0. The van der Waals surface area contributed by atoms with Crippen LogP contribution in [-0.4, -0.2) is 72.9 Å². The quantitative estimate of drug-likeness (QED) is 0.155. The molecule has 1 aromatic rings. The van der Waals surface area contributed by atoms with Gasteiger partial charge < -0.3 is 34.2 Å². The Morgan fingerprint density at radius 2 is 1.70 bits per heavy atom. The van der Waals surface area contributed by atoms with Crippen LogP contribution in [0.4, 0.5) is 0 Å². The highest BCUT2D eigenvalue weighted by atomic mass is 31.3. The zero-order chi connectivity index (χ0) is 29.9. The van der Waals surface area contributed by atoms with Crippen molar-refractivity contribution in [1.82, 2.24) is 4.90 Å². The first kappa shape index (κ1) is 32.9. The highest BCUT2D eigenvalue weighted by Crippen LogP contribution is 2.66. The Morgan fingerprint density at radius 1 is 1.02 bits per heavy atom. The van der Waals surface area contributed by atoms with Gasteiger partial charge in [-0.15, -0.1) is 0 Å². The Bertz CT molecular complexity index is 1280. The highest BCUT2D eigenvalue weighted by Gasteiger charge is 2.44. The maximum absolute atomic E-state index is 12.5. The number of phosphoric acid groups is 3. The number of ether oxygens (including phenoxy) is 2. The average molecular weight is 629 g/mol. The third-order valence-electron chi connectivity index (χ3n) is 5.78. The standard InChI is InChI=1S/C21H30NO15P3/c1-13(2)16-6-4-3-5-14(16)10-33-11-15-9-22(20(25)7-17(15)23)21-8-18(24)19(35-21)12-34-39(29,30)37-40(31,32)36-38(26,27)28/h3-6,9,13,18-19,21,24H,7-8,10-12H2,1-2H3,(H,29,30)(H,31,32)(H2,26,27,28)/t18-,19-,21-/m1/s1. The molecule has 1 fully saturated rings. The molecule has 2 aliphatic heterocycles. The van der Waals surface area contributed by atoms with Gasteiger partial charge in [0.1, 0.15) is 12.3 Å². The number of nitrogens with zero attached hydrogens (tertiary/aromatic N) is 1. The SMILES string of the molecule is CC(C)c1ccccc1COCC1=CN([C@H]2C[C@@H](O)[C@@H](COP(=O)(O)OP(=O)(O)OP(=O)(O)O)O2)C(=O)CC1=O. The minimum atomic E-state index is -5.71. The Hall–Kier alpha value is -1.61. The number of carbonyl (C=O) groups is 2. The van der Waals surface area contributed by atoms with Crippen LogP contribution < -0.4 is 0 Å². The van der Waals surface area contributed by atoms with Crippen molar-refractivity contribution in [2.75, 3.05) is 13.2 Å². The van der Waals surface area contributed by atoms with E-state index in [1.807, 2.05) is 38.1 Å². The van der Waals surface area contributed by atoms with Gasteiger partial charge in [0, 0.05) is 18.2 Å². The zero-order valence-electron chi connectivity index (χ0n) is 21.3. The van der Waals surface area contributed by atoms with Gasteiger partial charge in [0.05, 0.1) is 32.3 Å². The predicted octanol–water partition coefficient (Wildman–Crippen LogP) is 1.83. The second-order valence-electron chi connectivity index (χ2n) is 9.22. The van der Waals surface area contributed by atoms with E-state index in [1.54, 1.807) is 0 Å². The molecule has 1 amide bonds. The van der Waals surface area contributed by atoms with Crippen LogP contribution in [0, 0.1) is 0 Å². The molecule has 2 heterocycles. The Balaban J connectivity index is 1.60. The number of ketones is 1. The molecule has 2 aliphatic rings. The maximum Gasteiger partial charge on any atom is 0.490 e. The lowest BCUT2D eigenvalue weighted by molar-refractivity contribution is -0.144. The van der Waals surface area contributed by atoms with Crippen LogP contribution >= 0.6 is 23.5 Å². The summed E-state index contributed by atoms with van der Waals surface area (Å²) in [7, 11) is -16.7. The van der Waals surface area contributed by atoms with Gasteiger partial charge in [0.25, 0.3) is 0 Å². The number of amides is 1. The largest absolute Gasteiger partial charge is 0.490 e. The molecule has 0 aliphatic carbocycles. The molecule has 2 unspecified atom stereocenters. The van der Waals surface area contributed by atoms with Crippen molar-refractivity contribution < 1.29 is 70.6 Å². The number of aliphatic hydroxyl groups is 1. The molecule has 5 N–H and O–H groups in total. The number of hydrogen-bond donors (Lipinski definition) is 5. The summed E-state index contributed by atoms with van der Waals surface area (Å²) >= 11 is 0. The molecule has 5 atom stereocenters. The highest BCUT2D eigenvalue weighted by molar-refractivity contribution is 7.66. The summed E-state index contributed by atoms with van der Waals surface area (Å²) in [5.74, 6) is -0.801. The van der Waals surface area contributed by atoms with Crippen LogP contribution in [-0.2, 0) is 52.5 Å². The van der Waals surface area contributed by atoms with Crippen molar-refractivity contribution in [3.63, 3.8) is 0 Å². The molecule has 16 nitrogen and oxygen atoms in total.